The Morgan fingerprint density at radius 3 is 2.65 bits per heavy atom. The minimum absolute atomic E-state index is 0.0225. The molecule has 4 nitrogen and oxygen atoms in total. The van der Waals surface area contributed by atoms with Crippen LogP contribution in [0.25, 0.3) is 0 Å². The molecule has 0 atom stereocenters. The summed E-state index contributed by atoms with van der Waals surface area (Å²) in [7, 11) is 0. The minimum Gasteiger partial charge on any atom is -0.440 e. The highest BCUT2D eigenvalue weighted by atomic mass is 35.5. The molecule has 1 amide bonds. The fourth-order valence-electron chi connectivity index (χ4n) is 2.72. The molecule has 0 aromatic carbocycles. The summed E-state index contributed by atoms with van der Waals surface area (Å²) in [5, 5.41) is 0.274. The summed E-state index contributed by atoms with van der Waals surface area (Å²) >= 11 is 5.71. The molecule has 0 saturated carbocycles. The molecule has 4 heterocycles. The molecule has 0 N–H and O–H groups in total. The van der Waals surface area contributed by atoms with Gasteiger partial charge in [0.2, 0.25) is 0 Å². The summed E-state index contributed by atoms with van der Waals surface area (Å²) in [6, 6.07) is 3.64. The number of furan rings is 1. The van der Waals surface area contributed by atoms with E-state index < -0.39 is 0 Å². The molecule has 0 spiro atoms. The van der Waals surface area contributed by atoms with Crippen LogP contribution in [-0.2, 0) is 0 Å². The molecule has 92 valence electrons. The molecule has 17 heavy (non-hydrogen) atoms. The third-order valence-corrected chi connectivity index (χ3v) is 3.90. The van der Waals surface area contributed by atoms with Crippen LogP contribution in [-0.4, -0.2) is 47.9 Å². The van der Waals surface area contributed by atoms with Crippen molar-refractivity contribution in [1.82, 2.24) is 9.80 Å². The van der Waals surface area contributed by atoms with Gasteiger partial charge in [0.25, 0.3) is 5.91 Å². The zero-order chi connectivity index (χ0) is 11.8. The molecule has 3 fully saturated rings. The van der Waals surface area contributed by atoms with E-state index in [2.05, 4.69) is 4.90 Å². The fourth-order valence-corrected chi connectivity index (χ4v) is 2.87. The van der Waals surface area contributed by atoms with Crippen LogP contribution in [0.3, 0.4) is 0 Å². The van der Waals surface area contributed by atoms with Gasteiger partial charge in [0.15, 0.2) is 11.0 Å². The summed E-state index contributed by atoms with van der Waals surface area (Å²) in [6.07, 6.45) is 2.14. The largest absolute Gasteiger partial charge is 0.440 e. The average Bonchev–Trinajstić information content (AvgIpc) is 2.58. The maximum atomic E-state index is 12.3. The topological polar surface area (TPSA) is 36.7 Å². The molecule has 3 saturated heterocycles. The zero-order valence-electron chi connectivity index (χ0n) is 9.56. The van der Waals surface area contributed by atoms with E-state index in [0.717, 1.165) is 39.0 Å². The van der Waals surface area contributed by atoms with Gasteiger partial charge in [-0.25, -0.2) is 0 Å². The van der Waals surface area contributed by atoms with Gasteiger partial charge < -0.3 is 14.2 Å². The number of hydrogen-bond acceptors (Lipinski definition) is 3. The summed E-state index contributed by atoms with van der Waals surface area (Å²) in [5.41, 5.74) is 0. The lowest BCUT2D eigenvalue weighted by Crippen LogP contribution is -2.41. The molecule has 0 aliphatic carbocycles. The molecular weight excluding hydrogens is 240 g/mol. The Bertz CT molecular complexity index is 424. The van der Waals surface area contributed by atoms with Gasteiger partial charge in [-0.1, -0.05) is 0 Å². The third-order valence-electron chi connectivity index (χ3n) is 3.70. The first-order valence-electron chi connectivity index (χ1n) is 6.03. The van der Waals surface area contributed by atoms with Crippen molar-refractivity contribution in [3.63, 3.8) is 0 Å². The number of carbonyl (C=O) groups excluding carboxylic acids is 1. The predicted molar refractivity (Wildman–Crippen MR) is 64.2 cm³/mol. The van der Waals surface area contributed by atoms with Crippen LogP contribution in [0.5, 0.6) is 0 Å². The minimum atomic E-state index is -0.0225. The number of carbonyl (C=O) groups is 1. The van der Waals surface area contributed by atoms with Crippen LogP contribution in [0.1, 0.15) is 23.4 Å². The van der Waals surface area contributed by atoms with E-state index in [-0.39, 0.29) is 11.1 Å². The summed E-state index contributed by atoms with van der Waals surface area (Å²) < 4.78 is 5.21. The molecule has 2 bridgehead atoms. The van der Waals surface area contributed by atoms with E-state index in [1.54, 1.807) is 12.1 Å². The Kier molecular flexibility index (Phi) is 2.84. The monoisotopic (exact) mass is 254 g/mol. The Labute approximate surface area is 105 Å². The highest BCUT2D eigenvalue weighted by Crippen LogP contribution is 2.23. The Hall–Kier alpha value is -1.00. The van der Waals surface area contributed by atoms with Crippen LogP contribution >= 0.6 is 11.6 Å². The second kappa shape index (κ2) is 4.35. The second-order valence-electron chi connectivity index (χ2n) is 4.68. The van der Waals surface area contributed by atoms with Gasteiger partial charge >= 0.3 is 0 Å². The maximum Gasteiger partial charge on any atom is 0.289 e. The van der Waals surface area contributed by atoms with Crippen LogP contribution < -0.4 is 0 Å². The van der Waals surface area contributed by atoms with Gasteiger partial charge in [-0.15, -0.1) is 0 Å². The molecule has 0 radical (unpaired) electrons. The molecule has 1 aromatic heterocycles. The molecule has 1 aromatic rings. The molecule has 3 aliphatic rings. The van der Waals surface area contributed by atoms with Crippen molar-refractivity contribution in [2.24, 2.45) is 0 Å². The van der Waals surface area contributed by atoms with Crippen molar-refractivity contribution in [1.29, 1.82) is 0 Å². The maximum absolute atomic E-state index is 12.3. The number of rotatable bonds is 1. The molecule has 3 aliphatic heterocycles. The highest BCUT2D eigenvalue weighted by Gasteiger charge is 2.33. The van der Waals surface area contributed by atoms with Crippen molar-refractivity contribution < 1.29 is 9.21 Å². The van der Waals surface area contributed by atoms with Gasteiger partial charge in [0.1, 0.15) is 0 Å². The SMILES string of the molecule is O=C(c1ccc(Cl)o1)N1CCN2CCC1CC2. The highest BCUT2D eigenvalue weighted by molar-refractivity contribution is 6.29. The van der Waals surface area contributed by atoms with Crippen molar-refractivity contribution >= 4 is 17.5 Å². The van der Waals surface area contributed by atoms with Gasteiger partial charge in [-0.2, -0.15) is 0 Å². The quantitative estimate of drug-likeness (QED) is 0.768. The van der Waals surface area contributed by atoms with Crippen LogP contribution in [0.15, 0.2) is 16.5 Å². The number of piperidine rings is 1. The number of fused-ring (bicyclic) bond motifs is 4. The van der Waals surface area contributed by atoms with Crippen molar-refractivity contribution in [2.45, 2.75) is 18.9 Å². The van der Waals surface area contributed by atoms with E-state index in [1.165, 1.54) is 0 Å². The summed E-state index contributed by atoms with van der Waals surface area (Å²) in [6.45, 7) is 3.97. The lowest BCUT2D eigenvalue weighted by atomic mass is 10.1. The van der Waals surface area contributed by atoms with E-state index in [9.17, 15) is 4.79 Å². The zero-order valence-corrected chi connectivity index (χ0v) is 10.3. The van der Waals surface area contributed by atoms with E-state index in [1.807, 2.05) is 4.90 Å². The smallest absolute Gasteiger partial charge is 0.289 e. The Balaban J connectivity index is 1.81. The van der Waals surface area contributed by atoms with Gasteiger partial charge in [-0.05, 0) is 36.6 Å². The number of halogens is 1. The fraction of sp³-hybridized carbons (Fsp3) is 0.583. The predicted octanol–water partition coefficient (Wildman–Crippen LogP) is 1.85. The standard InChI is InChI=1S/C12H15ClN2O2/c13-11-2-1-10(17-11)12(16)15-8-7-14-5-3-9(15)4-6-14/h1-2,9H,3-8H2. The van der Waals surface area contributed by atoms with Crippen LogP contribution in [0.4, 0.5) is 0 Å². The molecule has 5 heteroatoms. The molecular formula is C12H15ClN2O2. The van der Waals surface area contributed by atoms with Crippen LogP contribution in [0.2, 0.25) is 5.22 Å². The first kappa shape index (κ1) is 11.1. The third kappa shape index (κ3) is 2.07. The van der Waals surface area contributed by atoms with E-state index in [0.29, 0.717) is 11.8 Å². The van der Waals surface area contributed by atoms with Crippen molar-refractivity contribution in [2.75, 3.05) is 26.2 Å². The van der Waals surface area contributed by atoms with Crippen molar-refractivity contribution in [3.05, 3.63) is 23.1 Å². The average molecular weight is 255 g/mol. The summed E-state index contributed by atoms with van der Waals surface area (Å²) in [4.78, 5) is 16.7. The lowest BCUT2D eigenvalue weighted by Gasteiger charge is -2.30. The van der Waals surface area contributed by atoms with Gasteiger partial charge in [-0.3, -0.25) is 4.79 Å². The molecule has 0 unspecified atom stereocenters. The Morgan fingerprint density at radius 2 is 2.00 bits per heavy atom. The van der Waals surface area contributed by atoms with E-state index in [4.69, 9.17) is 16.0 Å². The Morgan fingerprint density at radius 1 is 1.24 bits per heavy atom. The normalized spacial score (nSPS) is 28.2. The lowest BCUT2D eigenvalue weighted by molar-refractivity contribution is 0.0652. The molecule has 4 rings (SSSR count). The number of nitrogens with zero attached hydrogens (tertiary/aromatic N) is 2. The number of hydrogen-bond donors (Lipinski definition) is 0. The summed E-state index contributed by atoms with van der Waals surface area (Å²) in [5.74, 6) is 0.334. The second-order valence-corrected chi connectivity index (χ2v) is 5.05. The van der Waals surface area contributed by atoms with Gasteiger partial charge in [0.05, 0.1) is 0 Å². The first-order chi connectivity index (χ1) is 8.24. The number of amides is 1. The van der Waals surface area contributed by atoms with Gasteiger partial charge in [0, 0.05) is 32.2 Å². The van der Waals surface area contributed by atoms with Crippen LogP contribution in [0, 0.1) is 0 Å². The van der Waals surface area contributed by atoms with Crippen molar-refractivity contribution in [3.8, 4) is 0 Å². The van der Waals surface area contributed by atoms with E-state index >= 15 is 0 Å². The first-order valence-corrected chi connectivity index (χ1v) is 6.40.